The summed E-state index contributed by atoms with van der Waals surface area (Å²) in [5.41, 5.74) is 2.18. The molecular formula is C18H30ClN3O2. The molecule has 1 saturated carbocycles. The number of nitrogens with zero attached hydrogens (tertiary/aromatic N) is 3. The van der Waals surface area contributed by atoms with Crippen LogP contribution in [-0.2, 0) is 11.3 Å². The first-order valence-electron chi connectivity index (χ1n) is 9.05. The number of amides is 1. The molecule has 0 bridgehead atoms. The first kappa shape index (κ1) is 19.3. The molecule has 0 aromatic carbocycles. The smallest absolute Gasteiger partial charge is 0.222 e. The predicted octanol–water partition coefficient (Wildman–Crippen LogP) is 3.33. The summed E-state index contributed by atoms with van der Waals surface area (Å²) < 4.78 is 5.24. The van der Waals surface area contributed by atoms with Gasteiger partial charge < -0.3 is 9.42 Å². The Labute approximate surface area is 151 Å². The lowest BCUT2D eigenvalue weighted by molar-refractivity contribution is -0.133. The molecule has 0 radical (unpaired) electrons. The summed E-state index contributed by atoms with van der Waals surface area (Å²) >= 11 is 0. The summed E-state index contributed by atoms with van der Waals surface area (Å²) in [6.45, 7) is 8.44. The lowest BCUT2D eigenvalue weighted by Gasteiger charge is -2.35. The van der Waals surface area contributed by atoms with Crippen LogP contribution >= 0.6 is 12.4 Å². The lowest BCUT2D eigenvalue weighted by Crippen LogP contribution is -2.48. The zero-order valence-corrected chi connectivity index (χ0v) is 15.7. The predicted molar refractivity (Wildman–Crippen MR) is 96.3 cm³/mol. The van der Waals surface area contributed by atoms with Crippen molar-refractivity contribution in [1.29, 1.82) is 0 Å². The minimum Gasteiger partial charge on any atom is -0.361 e. The van der Waals surface area contributed by atoms with Gasteiger partial charge in [0.15, 0.2) is 0 Å². The van der Waals surface area contributed by atoms with Crippen molar-refractivity contribution in [3.63, 3.8) is 0 Å². The average molecular weight is 356 g/mol. The van der Waals surface area contributed by atoms with E-state index in [2.05, 4.69) is 15.0 Å². The summed E-state index contributed by atoms with van der Waals surface area (Å²) in [6, 6.07) is 0. The van der Waals surface area contributed by atoms with Gasteiger partial charge in [-0.05, 0) is 26.2 Å². The number of carbonyl (C=O) groups excluding carboxylic acids is 1. The first-order valence-corrected chi connectivity index (χ1v) is 9.05. The number of hydrogen-bond acceptors (Lipinski definition) is 4. The van der Waals surface area contributed by atoms with E-state index in [0.717, 1.165) is 62.9 Å². The van der Waals surface area contributed by atoms with Crippen molar-refractivity contribution in [2.24, 2.45) is 5.92 Å². The molecule has 1 aromatic heterocycles. The van der Waals surface area contributed by atoms with Crippen molar-refractivity contribution in [1.82, 2.24) is 15.0 Å². The van der Waals surface area contributed by atoms with Gasteiger partial charge in [-0.2, -0.15) is 0 Å². The standard InChI is InChI=1S/C18H29N3O2.ClH/c1-14-17(15(2)23-19-14)13-20-9-11-21(12-10-20)18(22)8-7-16-5-3-4-6-16;/h16H,3-13H2,1-2H3;1H. The van der Waals surface area contributed by atoms with Gasteiger partial charge in [0.2, 0.25) is 5.91 Å². The first-order chi connectivity index (χ1) is 11.1. The summed E-state index contributed by atoms with van der Waals surface area (Å²) in [4.78, 5) is 16.8. The molecule has 24 heavy (non-hydrogen) atoms. The molecule has 136 valence electrons. The fourth-order valence-corrected chi connectivity index (χ4v) is 3.89. The maximum absolute atomic E-state index is 12.4. The van der Waals surface area contributed by atoms with E-state index < -0.39 is 0 Å². The van der Waals surface area contributed by atoms with Gasteiger partial charge in [0.05, 0.1) is 5.69 Å². The molecule has 2 aliphatic rings. The molecule has 1 aromatic rings. The summed E-state index contributed by atoms with van der Waals surface area (Å²) in [5.74, 6) is 2.08. The normalized spacial score (nSPS) is 19.5. The summed E-state index contributed by atoms with van der Waals surface area (Å²) in [7, 11) is 0. The lowest BCUT2D eigenvalue weighted by atomic mass is 10.0. The minimum absolute atomic E-state index is 0. The molecule has 2 fully saturated rings. The second-order valence-corrected chi connectivity index (χ2v) is 7.15. The fourth-order valence-electron chi connectivity index (χ4n) is 3.89. The molecule has 0 spiro atoms. The number of hydrogen-bond donors (Lipinski definition) is 0. The van der Waals surface area contributed by atoms with Crippen molar-refractivity contribution in [2.75, 3.05) is 26.2 Å². The number of aryl methyl sites for hydroxylation is 2. The van der Waals surface area contributed by atoms with Crippen molar-refractivity contribution < 1.29 is 9.32 Å². The third-order valence-corrected chi connectivity index (χ3v) is 5.53. The van der Waals surface area contributed by atoms with Crippen LogP contribution in [0.25, 0.3) is 0 Å². The Kier molecular flexibility index (Phi) is 7.11. The van der Waals surface area contributed by atoms with Crippen LogP contribution in [0.1, 0.15) is 55.5 Å². The maximum atomic E-state index is 12.4. The van der Waals surface area contributed by atoms with Gasteiger partial charge in [-0.25, -0.2) is 0 Å². The third kappa shape index (κ3) is 4.73. The Morgan fingerprint density at radius 1 is 1.17 bits per heavy atom. The Balaban J connectivity index is 0.00000208. The van der Waals surface area contributed by atoms with Gasteiger partial charge in [-0.3, -0.25) is 9.69 Å². The molecule has 2 heterocycles. The molecule has 5 nitrogen and oxygen atoms in total. The average Bonchev–Trinajstić information content (AvgIpc) is 3.18. The van der Waals surface area contributed by atoms with Crippen molar-refractivity contribution in [2.45, 2.75) is 58.9 Å². The minimum atomic E-state index is 0. The van der Waals surface area contributed by atoms with E-state index in [1.165, 1.54) is 31.2 Å². The fraction of sp³-hybridized carbons (Fsp3) is 0.778. The highest BCUT2D eigenvalue weighted by Gasteiger charge is 2.24. The number of halogens is 1. The molecule has 6 heteroatoms. The van der Waals surface area contributed by atoms with E-state index in [9.17, 15) is 4.79 Å². The van der Waals surface area contributed by atoms with Crippen LogP contribution in [0.15, 0.2) is 4.52 Å². The monoisotopic (exact) mass is 355 g/mol. The molecule has 1 saturated heterocycles. The SMILES string of the molecule is Cc1noc(C)c1CN1CCN(C(=O)CCC2CCCC2)CC1.Cl. The maximum Gasteiger partial charge on any atom is 0.222 e. The van der Waals surface area contributed by atoms with Gasteiger partial charge in [-0.15, -0.1) is 12.4 Å². The number of carbonyl (C=O) groups is 1. The zero-order valence-electron chi connectivity index (χ0n) is 14.9. The van der Waals surface area contributed by atoms with Crippen LogP contribution in [0.2, 0.25) is 0 Å². The zero-order chi connectivity index (χ0) is 16.2. The van der Waals surface area contributed by atoms with Crippen molar-refractivity contribution in [3.05, 3.63) is 17.0 Å². The van der Waals surface area contributed by atoms with Crippen LogP contribution in [0.5, 0.6) is 0 Å². The molecule has 0 unspecified atom stereocenters. The highest BCUT2D eigenvalue weighted by Crippen LogP contribution is 2.28. The Bertz CT molecular complexity index is 513. The van der Waals surface area contributed by atoms with Crippen LogP contribution < -0.4 is 0 Å². The molecule has 1 amide bonds. The molecule has 0 atom stereocenters. The topological polar surface area (TPSA) is 49.6 Å². The summed E-state index contributed by atoms with van der Waals surface area (Å²) in [6.07, 6.45) is 7.22. The van der Waals surface area contributed by atoms with Gasteiger partial charge >= 0.3 is 0 Å². The highest BCUT2D eigenvalue weighted by atomic mass is 35.5. The Hall–Kier alpha value is -1.07. The molecule has 1 aliphatic heterocycles. The van der Waals surface area contributed by atoms with Gasteiger partial charge in [-0.1, -0.05) is 30.8 Å². The van der Waals surface area contributed by atoms with Crippen LogP contribution in [-0.4, -0.2) is 47.0 Å². The highest BCUT2D eigenvalue weighted by molar-refractivity contribution is 5.85. The van der Waals surface area contributed by atoms with Crippen LogP contribution in [0.3, 0.4) is 0 Å². The molecule has 0 N–H and O–H groups in total. The third-order valence-electron chi connectivity index (χ3n) is 5.53. The van der Waals surface area contributed by atoms with Gasteiger partial charge in [0.1, 0.15) is 5.76 Å². The molecule has 1 aliphatic carbocycles. The van der Waals surface area contributed by atoms with Gasteiger partial charge in [0, 0.05) is 44.7 Å². The van der Waals surface area contributed by atoms with Crippen LogP contribution in [0.4, 0.5) is 0 Å². The van der Waals surface area contributed by atoms with Crippen molar-refractivity contribution in [3.8, 4) is 0 Å². The summed E-state index contributed by atoms with van der Waals surface area (Å²) in [5, 5.41) is 4.02. The number of aromatic nitrogens is 1. The number of piperazine rings is 1. The Morgan fingerprint density at radius 2 is 1.83 bits per heavy atom. The van der Waals surface area contributed by atoms with Crippen molar-refractivity contribution >= 4 is 18.3 Å². The van der Waals surface area contributed by atoms with Crippen LogP contribution in [0, 0.1) is 19.8 Å². The molecular weight excluding hydrogens is 326 g/mol. The van der Waals surface area contributed by atoms with E-state index in [1.807, 2.05) is 13.8 Å². The van der Waals surface area contributed by atoms with E-state index in [0.29, 0.717) is 5.91 Å². The van der Waals surface area contributed by atoms with E-state index in [-0.39, 0.29) is 12.4 Å². The van der Waals surface area contributed by atoms with E-state index >= 15 is 0 Å². The Morgan fingerprint density at radius 3 is 2.42 bits per heavy atom. The second-order valence-electron chi connectivity index (χ2n) is 7.15. The quantitative estimate of drug-likeness (QED) is 0.812. The molecule has 3 rings (SSSR count). The second kappa shape index (κ2) is 8.86. The largest absolute Gasteiger partial charge is 0.361 e. The van der Waals surface area contributed by atoms with Gasteiger partial charge in [0.25, 0.3) is 0 Å². The number of rotatable bonds is 5. The van der Waals surface area contributed by atoms with E-state index in [1.54, 1.807) is 0 Å². The van der Waals surface area contributed by atoms with E-state index in [4.69, 9.17) is 4.52 Å².